The lowest BCUT2D eigenvalue weighted by atomic mass is 9.98. The van der Waals surface area contributed by atoms with Crippen LogP contribution in [0.4, 0.5) is 4.79 Å². The number of carbonyl (C=O) groups excluding carboxylic acids is 2. The largest absolute Gasteiger partial charge is 0.515 e. The smallest absolute Gasteiger partial charge is 0.410 e. The van der Waals surface area contributed by atoms with Crippen molar-refractivity contribution in [1.29, 1.82) is 0 Å². The van der Waals surface area contributed by atoms with Crippen LogP contribution < -0.4 is 16.3 Å². The molecule has 240 valence electrons. The highest BCUT2D eigenvalue weighted by Crippen LogP contribution is 2.26. The van der Waals surface area contributed by atoms with Gasteiger partial charge < -0.3 is 24.6 Å². The summed E-state index contributed by atoms with van der Waals surface area (Å²) in [6.07, 6.45) is 2.24. The number of nitrogens with zero attached hydrogens (tertiary/aromatic N) is 5. The molecule has 15 heteroatoms. The number of amidine groups is 1. The van der Waals surface area contributed by atoms with Crippen LogP contribution in [-0.4, -0.2) is 44.8 Å². The second kappa shape index (κ2) is 16.0. The summed E-state index contributed by atoms with van der Waals surface area (Å²) in [5.74, 6) is 6.76. The predicted molar refractivity (Wildman–Crippen MR) is 169 cm³/mol. The van der Waals surface area contributed by atoms with Gasteiger partial charge >= 0.3 is 6.16 Å². The molecule has 46 heavy (non-hydrogen) atoms. The average Bonchev–Trinajstić information content (AvgIpc) is 3.35. The molecule has 1 aromatic heterocycles. The Morgan fingerprint density at radius 2 is 1.85 bits per heavy atom. The molecule has 0 atom stereocenters. The third-order valence-corrected chi connectivity index (χ3v) is 7.04. The standard InChI is InChI=1S/C31H32ClN7O7/c1-2-3-12-28-35-29(32)26(18-40)37(28)17-21-13-15-22(16-14-21)24-9-5-6-10-25(24)30(33)36-38(34)20-44-31(41)46-27-11-7-4-8-23(27)19-45-39(42)43/h4-11,13-16,18H,2-3,12,17,19-20,34H2,1H3,(H2,33,36). The maximum Gasteiger partial charge on any atom is 0.515 e. The SMILES string of the molecule is CCCCc1nc(Cl)c(C=O)n1Cc1ccc(-c2ccccc2/C(N)=N/N(N)COC(=O)Oc2ccccc2CO[N+](=O)[O-])cc1. The second-order valence-electron chi connectivity index (χ2n) is 9.91. The summed E-state index contributed by atoms with van der Waals surface area (Å²) >= 11 is 6.22. The minimum atomic E-state index is -1.12. The van der Waals surface area contributed by atoms with E-state index in [1.807, 2.05) is 41.0 Å². The quantitative estimate of drug-likeness (QED) is 0.0201. The van der Waals surface area contributed by atoms with Gasteiger partial charge in [-0.2, -0.15) is 5.12 Å². The Balaban J connectivity index is 1.42. The summed E-state index contributed by atoms with van der Waals surface area (Å²) in [4.78, 5) is 43.2. The number of aldehydes is 1. The molecular formula is C31H32ClN7O7. The Morgan fingerprint density at radius 1 is 1.13 bits per heavy atom. The van der Waals surface area contributed by atoms with E-state index in [4.69, 9.17) is 32.7 Å². The lowest BCUT2D eigenvalue weighted by molar-refractivity contribution is -0.763. The van der Waals surface area contributed by atoms with Crippen LogP contribution >= 0.6 is 11.6 Å². The van der Waals surface area contributed by atoms with Gasteiger partial charge in [0.1, 0.15) is 23.9 Å². The van der Waals surface area contributed by atoms with Gasteiger partial charge in [0.2, 0.25) is 0 Å². The number of aromatic nitrogens is 2. The molecule has 3 aromatic carbocycles. The topological polar surface area (TPSA) is 190 Å². The number of hydrazine groups is 1. The summed E-state index contributed by atoms with van der Waals surface area (Å²) in [6.45, 7) is 1.60. The average molecular weight is 650 g/mol. The van der Waals surface area contributed by atoms with E-state index in [1.54, 1.807) is 24.3 Å². The van der Waals surface area contributed by atoms with Crippen molar-refractivity contribution in [2.45, 2.75) is 39.3 Å². The third kappa shape index (κ3) is 8.80. The number of aryl methyl sites for hydroxylation is 1. The molecule has 0 saturated carbocycles. The van der Waals surface area contributed by atoms with Gasteiger partial charge in [-0.1, -0.05) is 91.7 Å². The zero-order valence-corrected chi connectivity index (χ0v) is 25.6. The summed E-state index contributed by atoms with van der Waals surface area (Å²) in [5.41, 5.74) is 10.1. The molecule has 0 aliphatic carbocycles. The molecule has 0 bridgehead atoms. The van der Waals surface area contributed by atoms with Crippen molar-refractivity contribution in [3.8, 4) is 16.9 Å². The summed E-state index contributed by atoms with van der Waals surface area (Å²) in [5, 5.41) is 14.7. The van der Waals surface area contributed by atoms with Crippen LogP contribution in [0.3, 0.4) is 0 Å². The number of benzene rings is 3. The van der Waals surface area contributed by atoms with E-state index in [2.05, 4.69) is 21.8 Å². The number of halogens is 1. The molecule has 4 aromatic rings. The van der Waals surface area contributed by atoms with Crippen molar-refractivity contribution in [3.63, 3.8) is 0 Å². The molecule has 0 saturated heterocycles. The molecule has 4 N–H and O–H groups in total. The van der Waals surface area contributed by atoms with Gasteiger partial charge in [0, 0.05) is 24.1 Å². The summed E-state index contributed by atoms with van der Waals surface area (Å²) < 4.78 is 12.0. The normalized spacial score (nSPS) is 11.2. The van der Waals surface area contributed by atoms with E-state index in [0.717, 1.165) is 46.8 Å². The second-order valence-corrected chi connectivity index (χ2v) is 10.3. The van der Waals surface area contributed by atoms with Crippen molar-refractivity contribution in [1.82, 2.24) is 14.7 Å². The highest BCUT2D eigenvalue weighted by atomic mass is 35.5. The van der Waals surface area contributed by atoms with Crippen LogP contribution in [0.2, 0.25) is 5.15 Å². The first-order chi connectivity index (χ1) is 22.2. The van der Waals surface area contributed by atoms with Crippen LogP contribution in [0.15, 0.2) is 77.9 Å². The molecule has 4 rings (SSSR count). The Kier molecular flexibility index (Phi) is 11.6. The van der Waals surface area contributed by atoms with Crippen LogP contribution in [0.1, 0.15) is 52.8 Å². The Bertz CT molecular complexity index is 1710. The highest BCUT2D eigenvalue weighted by Gasteiger charge is 2.17. The van der Waals surface area contributed by atoms with Gasteiger partial charge in [0.15, 0.2) is 24.0 Å². The lowest BCUT2D eigenvalue weighted by Crippen LogP contribution is -2.33. The molecular weight excluding hydrogens is 618 g/mol. The van der Waals surface area contributed by atoms with Gasteiger partial charge in [-0.3, -0.25) is 4.79 Å². The maximum absolute atomic E-state index is 12.2. The van der Waals surface area contributed by atoms with Gasteiger partial charge in [-0.15, -0.1) is 15.2 Å². The van der Waals surface area contributed by atoms with E-state index in [9.17, 15) is 19.7 Å². The first kappa shape index (κ1) is 33.4. The number of rotatable bonds is 15. The minimum absolute atomic E-state index is 0.0239. The third-order valence-electron chi connectivity index (χ3n) is 6.76. The van der Waals surface area contributed by atoms with Crippen LogP contribution in [0, 0.1) is 10.1 Å². The highest BCUT2D eigenvalue weighted by molar-refractivity contribution is 6.31. The van der Waals surface area contributed by atoms with Crippen LogP contribution in [0.25, 0.3) is 11.1 Å². The minimum Gasteiger partial charge on any atom is -0.410 e. The van der Waals surface area contributed by atoms with Crippen LogP contribution in [-0.2, 0) is 29.1 Å². The Labute approximate surface area is 269 Å². The van der Waals surface area contributed by atoms with Crippen molar-refractivity contribution in [3.05, 3.63) is 116 Å². The predicted octanol–water partition coefficient (Wildman–Crippen LogP) is 5.08. The van der Waals surface area contributed by atoms with Gasteiger partial charge in [0.05, 0.1) is 0 Å². The molecule has 0 spiro atoms. The Morgan fingerprint density at radius 3 is 2.57 bits per heavy atom. The fourth-order valence-electron chi connectivity index (χ4n) is 4.53. The first-order valence-electron chi connectivity index (χ1n) is 14.1. The van der Waals surface area contributed by atoms with E-state index in [0.29, 0.717) is 24.2 Å². The number of nitrogens with two attached hydrogens (primary N) is 2. The molecule has 0 fully saturated rings. The summed E-state index contributed by atoms with van der Waals surface area (Å²) in [6, 6.07) is 21.2. The number of imidazole rings is 1. The fraction of sp³-hybridized carbons (Fsp3) is 0.226. The van der Waals surface area contributed by atoms with Gasteiger partial charge in [-0.25, -0.2) is 15.6 Å². The molecule has 0 aliphatic heterocycles. The molecule has 0 radical (unpaired) electrons. The van der Waals surface area contributed by atoms with Gasteiger partial charge in [0.25, 0.3) is 5.09 Å². The van der Waals surface area contributed by atoms with Crippen molar-refractivity contribution in [2.75, 3.05) is 6.73 Å². The van der Waals surface area contributed by atoms with E-state index >= 15 is 0 Å². The van der Waals surface area contributed by atoms with Crippen molar-refractivity contribution in [2.24, 2.45) is 16.7 Å². The molecule has 0 aliphatic rings. The number of carbonyl (C=O) groups is 2. The number of hydrazone groups is 1. The van der Waals surface area contributed by atoms with E-state index < -0.39 is 24.6 Å². The van der Waals surface area contributed by atoms with E-state index in [-0.39, 0.29) is 22.3 Å². The monoisotopic (exact) mass is 649 g/mol. The van der Waals surface area contributed by atoms with Crippen molar-refractivity contribution < 1.29 is 29.0 Å². The number of unbranched alkanes of at least 4 members (excludes halogenated alkanes) is 1. The fourth-order valence-corrected chi connectivity index (χ4v) is 4.77. The lowest BCUT2D eigenvalue weighted by Gasteiger charge is -2.16. The number of ether oxygens (including phenoxy) is 2. The number of para-hydroxylation sites is 1. The summed E-state index contributed by atoms with van der Waals surface area (Å²) in [7, 11) is 0. The Hall–Kier alpha value is -5.47. The number of hydrogen-bond donors (Lipinski definition) is 2. The van der Waals surface area contributed by atoms with E-state index in [1.165, 1.54) is 12.1 Å². The maximum atomic E-state index is 12.2. The van der Waals surface area contributed by atoms with Crippen molar-refractivity contribution >= 4 is 29.9 Å². The van der Waals surface area contributed by atoms with Gasteiger partial charge in [-0.05, 0) is 29.2 Å². The number of hydrogen-bond acceptors (Lipinski definition) is 11. The zero-order chi connectivity index (χ0) is 33.1. The first-order valence-corrected chi connectivity index (χ1v) is 14.5. The van der Waals surface area contributed by atoms with Crippen LogP contribution in [0.5, 0.6) is 5.75 Å². The molecule has 0 unspecified atom stereocenters. The molecule has 14 nitrogen and oxygen atoms in total. The molecule has 0 amide bonds. The zero-order valence-electron chi connectivity index (χ0n) is 24.9. The molecule has 1 heterocycles.